The van der Waals surface area contributed by atoms with Crippen LogP contribution in [-0.2, 0) is 10.0 Å². The minimum Gasteiger partial charge on any atom is -0.497 e. The Labute approximate surface area is 177 Å². The molecule has 1 saturated carbocycles. The second kappa shape index (κ2) is 8.65. The summed E-state index contributed by atoms with van der Waals surface area (Å²) in [4.78, 5) is 17.3. The largest absolute Gasteiger partial charge is 0.497 e. The lowest BCUT2D eigenvalue weighted by atomic mass is 10.2. The van der Waals surface area contributed by atoms with Crippen LogP contribution in [0.25, 0.3) is 0 Å². The Kier molecular flexibility index (Phi) is 5.97. The lowest BCUT2D eigenvalue weighted by molar-refractivity contribution is 0.0767. The van der Waals surface area contributed by atoms with Crippen LogP contribution in [0.15, 0.2) is 53.4 Å². The number of amides is 1. The standard InChI is InChI=1S/C22H27N3O4S/c1-29-20-9-7-19(8-10-20)24-13-2-14-25(16-15-24)22(26)17-3-11-21(12-4-17)30(27,28)23-18-5-6-18/h3-4,7-12,18,23H,2,5-6,13-16H2,1H3. The molecule has 30 heavy (non-hydrogen) atoms. The highest BCUT2D eigenvalue weighted by atomic mass is 32.2. The Morgan fingerprint density at radius 2 is 1.67 bits per heavy atom. The fraction of sp³-hybridized carbons (Fsp3) is 0.409. The van der Waals surface area contributed by atoms with Gasteiger partial charge in [-0.15, -0.1) is 0 Å². The molecule has 0 unspecified atom stereocenters. The molecule has 0 aromatic heterocycles. The highest BCUT2D eigenvalue weighted by Crippen LogP contribution is 2.23. The van der Waals surface area contributed by atoms with E-state index in [2.05, 4.69) is 9.62 Å². The van der Waals surface area contributed by atoms with Gasteiger partial charge in [0.05, 0.1) is 12.0 Å². The van der Waals surface area contributed by atoms with Crippen molar-refractivity contribution in [2.75, 3.05) is 38.2 Å². The van der Waals surface area contributed by atoms with Crippen LogP contribution >= 0.6 is 0 Å². The molecular formula is C22H27N3O4S. The molecule has 1 N–H and O–H groups in total. The number of rotatable bonds is 6. The molecule has 8 heteroatoms. The number of hydrogen-bond donors (Lipinski definition) is 1. The zero-order chi connectivity index (χ0) is 21.1. The van der Waals surface area contributed by atoms with E-state index >= 15 is 0 Å². The number of hydrogen-bond acceptors (Lipinski definition) is 5. The second-order valence-corrected chi connectivity index (χ2v) is 9.46. The highest BCUT2D eigenvalue weighted by Gasteiger charge is 2.28. The number of nitrogens with one attached hydrogen (secondary N) is 1. The summed E-state index contributed by atoms with van der Waals surface area (Å²) in [5, 5.41) is 0. The first kappa shape index (κ1) is 20.7. The van der Waals surface area contributed by atoms with Gasteiger partial charge in [0.1, 0.15) is 5.75 Å². The third-order valence-electron chi connectivity index (χ3n) is 5.53. The molecule has 1 saturated heterocycles. The normalized spacial score (nSPS) is 17.5. The van der Waals surface area contributed by atoms with Gasteiger partial charge in [-0.05, 0) is 67.8 Å². The molecular weight excluding hydrogens is 402 g/mol. The van der Waals surface area contributed by atoms with E-state index in [9.17, 15) is 13.2 Å². The number of nitrogens with zero attached hydrogens (tertiary/aromatic N) is 2. The molecule has 2 aromatic rings. The van der Waals surface area contributed by atoms with Crippen molar-refractivity contribution in [2.45, 2.75) is 30.2 Å². The van der Waals surface area contributed by atoms with Crippen molar-refractivity contribution in [3.63, 3.8) is 0 Å². The first-order valence-electron chi connectivity index (χ1n) is 10.3. The van der Waals surface area contributed by atoms with Crippen molar-refractivity contribution in [1.82, 2.24) is 9.62 Å². The summed E-state index contributed by atoms with van der Waals surface area (Å²) < 4.78 is 32.5. The van der Waals surface area contributed by atoms with Crippen LogP contribution in [0.5, 0.6) is 5.75 Å². The quantitative estimate of drug-likeness (QED) is 0.763. The first-order chi connectivity index (χ1) is 14.5. The predicted molar refractivity (Wildman–Crippen MR) is 116 cm³/mol. The number of sulfonamides is 1. The molecule has 2 aliphatic rings. The van der Waals surface area contributed by atoms with Gasteiger partial charge in [0.2, 0.25) is 10.0 Å². The minimum atomic E-state index is -3.50. The maximum atomic E-state index is 13.0. The van der Waals surface area contributed by atoms with Crippen LogP contribution in [0.2, 0.25) is 0 Å². The van der Waals surface area contributed by atoms with Gasteiger partial charge in [-0.1, -0.05) is 0 Å². The molecule has 2 aromatic carbocycles. The molecule has 7 nitrogen and oxygen atoms in total. The molecule has 0 spiro atoms. The van der Waals surface area contributed by atoms with Gasteiger partial charge in [-0.25, -0.2) is 13.1 Å². The molecule has 0 radical (unpaired) electrons. The Balaban J connectivity index is 1.39. The number of ether oxygens (including phenoxy) is 1. The Morgan fingerprint density at radius 3 is 2.30 bits per heavy atom. The van der Waals surface area contributed by atoms with E-state index in [1.807, 2.05) is 29.2 Å². The number of carbonyl (C=O) groups excluding carboxylic acids is 1. The monoisotopic (exact) mass is 429 g/mol. The Bertz CT molecular complexity index is 986. The van der Waals surface area contributed by atoms with E-state index in [4.69, 9.17) is 4.74 Å². The lowest BCUT2D eigenvalue weighted by Gasteiger charge is -2.24. The average molecular weight is 430 g/mol. The van der Waals surface area contributed by atoms with E-state index in [0.29, 0.717) is 18.7 Å². The summed E-state index contributed by atoms with van der Waals surface area (Å²) in [6, 6.07) is 14.2. The molecule has 1 aliphatic carbocycles. The number of methoxy groups -OCH3 is 1. The third kappa shape index (κ3) is 4.76. The van der Waals surface area contributed by atoms with Gasteiger partial charge >= 0.3 is 0 Å². The van der Waals surface area contributed by atoms with E-state index < -0.39 is 10.0 Å². The molecule has 160 valence electrons. The van der Waals surface area contributed by atoms with Crippen molar-refractivity contribution in [3.05, 3.63) is 54.1 Å². The van der Waals surface area contributed by atoms with Gasteiger partial charge in [0, 0.05) is 43.5 Å². The third-order valence-corrected chi connectivity index (χ3v) is 7.07. The summed E-state index contributed by atoms with van der Waals surface area (Å²) in [5.41, 5.74) is 1.63. The summed E-state index contributed by atoms with van der Waals surface area (Å²) in [6.45, 7) is 2.92. The van der Waals surface area contributed by atoms with Gasteiger partial charge in [-0.3, -0.25) is 4.79 Å². The molecule has 0 bridgehead atoms. The smallest absolute Gasteiger partial charge is 0.253 e. The molecule has 2 fully saturated rings. The van der Waals surface area contributed by atoms with E-state index in [1.54, 1.807) is 19.2 Å². The number of anilines is 1. The second-order valence-electron chi connectivity index (χ2n) is 7.75. The predicted octanol–water partition coefficient (Wildman–Crippen LogP) is 2.49. The summed E-state index contributed by atoms with van der Waals surface area (Å²) >= 11 is 0. The van der Waals surface area contributed by atoms with Gasteiger partial charge < -0.3 is 14.5 Å². The maximum absolute atomic E-state index is 13.0. The topological polar surface area (TPSA) is 79.0 Å². The van der Waals surface area contributed by atoms with Crippen molar-refractivity contribution in [2.24, 2.45) is 0 Å². The van der Waals surface area contributed by atoms with Crippen molar-refractivity contribution < 1.29 is 17.9 Å². The van der Waals surface area contributed by atoms with Gasteiger partial charge in [0.15, 0.2) is 0 Å². The fourth-order valence-corrected chi connectivity index (χ4v) is 4.92. The van der Waals surface area contributed by atoms with Gasteiger partial charge in [-0.2, -0.15) is 0 Å². The number of carbonyl (C=O) groups is 1. The lowest BCUT2D eigenvalue weighted by Crippen LogP contribution is -2.35. The Hall–Kier alpha value is -2.58. The van der Waals surface area contributed by atoms with E-state index in [1.165, 1.54) is 12.1 Å². The molecule has 0 atom stereocenters. The van der Waals surface area contributed by atoms with Crippen LogP contribution < -0.4 is 14.4 Å². The fourth-order valence-electron chi connectivity index (χ4n) is 3.62. The van der Waals surface area contributed by atoms with Crippen LogP contribution in [-0.4, -0.2) is 58.6 Å². The average Bonchev–Trinajstić information content (AvgIpc) is 3.60. The molecule has 1 amide bonds. The van der Waals surface area contributed by atoms with Crippen LogP contribution in [0.4, 0.5) is 5.69 Å². The zero-order valence-electron chi connectivity index (χ0n) is 17.1. The Morgan fingerprint density at radius 1 is 0.967 bits per heavy atom. The molecule has 1 heterocycles. The van der Waals surface area contributed by atoms with Gasteiger partial charge in [0.25, 0.3) is 5.91 Å². The summed E-state index contributed by atoms with van der Waals surface area (Å²) in [7, 11) is -1.85. The zero-order valence-corrected chi connectivity index (χ0v) is 17.9. The van der Waals surface area contributed by atoms with E-state index in [-0.39, 0.29) is 16.8 Å². The maximum Gasteiger partial charge on any atom is 0.253 e. The highest BCUT2D eigenvalue weighted by molar-refractivity contribution is 7.89. The summed E-state index contributed by atoms with van der Waals surface area (Å²) in [6.07, 6.45) is 2.64. The van der Waals surface area contributed by atoms with Crippen molar-refractivity contribution in [1.29, 1.82) is 0 Å². The van der Waals surface area contributed by atoms with Crippen molar-refractivity contribution >= 4 is 21.6 Å². The van der Waals surface area contributed by atoms with E-state index in [0.717, 1.165) is 43.8 Å². The van der Waals surface area contributed by atoms with Crippen LogP contribution in [0.1, 0.15) is 29.6 Å². The summed E-state index contributed by atoms with van der Waals surface area (Å²) in [5.74, 6) is 0.758. The number of benzene rings is 2. The van der Waals surface area contributed by atoms with Crippen LogP contribution in [0.3, 0.4) is 0 Å². The van der Waals surface area contributed by atoms with Crippen LogP contribution in [0, 0.1) is 0 Å². The molecule has 1 aliphatic heterocycles. The SMILES string of the molecule is COc1ccc(N2CCCN(C(=O)c3ccc(S(=O)(=O)NC4CC4)cc3)CC2)cc1. The molecule has 4 rings (SSSR count). The first-order valence-corrected chi connectivity index (χ1v) is 11.8. The van der Waals surface area contributed by atoms with Crippen molar-refractivity contribution in [3.8, 4) is 5.75 Å². The minimum absolute atomic E-state index is 0.0575.